The Bertz CT molecular complexity index is 699. The summed E-state index contributed by atoms with van der Waals surface area (Å²) in [5.74, 6) is -0.395. The Morgan fingerprint density at radius 1 is 1.04 bits per heavy atom. The highest BCUT2D eigenvalue weighted by Gasteiger charge is 2.08. The van der Waals surface area contributed by atoms with Gasteiger partial charge in [0.25, 0.3) is 5.91 Å². The van der Waals surface area contributed by atoms with Crippen LogP contribution in [0.3, 0.4) is 0 Å². The third-order valence-corrected chi connectivity index (χ3v) is 2.98. The van der Waals surface area contributed by atoms with Crippen LogP contribution >= 0.6 is 0 Å². The molecule has 2 aromatic heterocycles. The Morgan fingerprint density at radius 2 is 1.83 bits per heavy atom. The van der Waals surface area contributed by atoms with Crippen molar-refractivity contribution in [3.63, 3.8) is 0 Å². The molecule has 0 bridgehead atoms. The van der Waals surface area contributed by atoms with E-state index in [1.54, 1.807) is 37.5 Å². The van der Waals surface area contributed by atoms with E-state index in [0.717, 1.165) is 0 Å². The first-order valence-corrected chi connectivity index (χ1v) is 7.27. The van der Waals surface area contributed by atoms with Crippen LogP contribution < -0.4 is 10.6 Å². The van der Waals surface area contributed by atoms with Crippen molar-refractivity contribution < 1.29 is 9.59 Å². The fourth-order valence-electron chi connectivity index (χ4n) is 1.90. The molecule has 0 aromatic carbocycles. The standard InChI is InChI=1S/C17H18N4O2/c1-2-5-16(22)20-10-11-21-17(23)13-7-9-19-15(12-13)14-6-3-4-8-18-14/h2-9,12H,10-11H2,1H3,(H,20,22)(H,21,23)/b5-2+. The van der Waals surface area contributed by atoms with E-state index in [0.29, 0.717) is 30.0 Å². The van der Waals surface area contributed by atoms with Gasteiger partial charge < -0.3 is 10.6 Å². The van der Waals surface area contributed by atoms with Gasteiger partial charge in [-0.3, -0.25) is 19.6 Å². The number of hydrogen-bond donors (Lipinski definition) is 2. The number of amides is 2. The van der Waals surface area contributed by atoms with Crippen molar-refractivity contribution in [2.45, 2.75) is 6.92 Å². The number of pyridine rings is 2. The van der Waals surface area contributed by atoms with E-state index in [-0.39, 0.29) is 11.8 Å². The van der Waals surface area contributed by atoms with Gasteiger partial charge in [-0.25, -0.2) is 0 Å². The first kappa shape index (κ1) is 16.4. The highest BCUT2D eigenvalue weighted by Crippen LogP contribution is 2.14. The monoisotopic (exact) mass is 310 g/mol. The largest absolute Gasteiger partial charge is 0.351 e. The minimum Gasteiger partial charge on any atom is -0.351 e. The van der Waals surface area contributed by atoms with Crippen molar-refractivity contribution in [1.82, 2.24) is 20.6 Å². The Kier molecular flexibility index (Phi) is 5.99. The minimum atomic E-state index is -0.218. The quantitative estimate of drug-likeness (QED) is 0.626. The Hall–Kier alpha value is -3.02. The van der Waals surface area contributed by atoms with Gasteiger partial charge in [0.1, 0.15) is 0 Å². The first-order chi connectivity index (χ1) is 11.2. The van der Waals surface area contributed by atoms with Crippen LogP contribution in [-0.4, -0.2) is 34.9 Å². The Balaban J connectivity index is 1.91. The van der Waals surface area contributed by atoms with Gasteiger partial charge in [-0.1, -0.05) is 12.1 Å². The molecule has 0 aliphatic heterocycles. The van der Waals surface area contributed by atoms with E-state index < -0.39 is 0 Å². The lowest BCUT2D eigenvalue weighted by molar-refractivity contribution is -0.116. The van der Waals surface area contributed by atoms with Gasteiger partial charge in [0, 0.05) is 31.0 Å². The number of carbonyl (C=O) groups is 2. The van der Waals surface area contributed by atoms with E-state index in [1.165, 1.54) is 6.08 Å². The molecule has 0 saturated heterocycles. The maximum absolute atomic E-state index is 12.1. The SMILES string of the molecule is C/C=C/C(=O)NCCNC(=O)c1ccnc(-c2ccccn2)c1. The van der Waals surface area contributed by atoms with Crippen LogP contribution in [0.25, 0.3) is 11.4 Å². The number of nitrogens with one attached hydrogen (secondary N) is 2. The zero-order chi connectivity index (χ0) is 16.5. The van der Waals surface area contributed by atoms with E-state index in [9.17, 15) is 9.59 Å². The topological polar surface area (TPSA) is 84.0 Å². The average Bonchev–Trinajstić information content (AvgIpc) is 2.60. The predicted octanol–water partition coefficient (Wildman–Crippen LogP) is 1.57. The molecule has 0 saturated carbocycles. The second kappa shape index (κ2) is 8.43. The lowest BCUT2D eigenvalue weighted by Gasteiger charge is -2.07. The molecule has 0 aliphatic rings. The summed E-state index contributed by atoms with van der Waals surface area (Å²) in [4.78, 5) is 31.8. The van der Waals surface area contributed by atoms with E-state index in [1.807, 2.05) is 18.2 Å². The molecule has 0 radical (unpaired) electrons. The fourth-order valence-corrected chi connectivity index (χ4v) is 1.90. The molecule has 6 heteroatoms. The molecule has 118 valence electrons. The normalized spacial score (nSPS) is 10.5. The Morgan fingerprint density at radius 3 is 2.57 bits per heavy atom. The second-order valence-corrected chi connectivity index (χ2v) is 4.69. The predicted molar refractivity (Wildman–Crippen MR) is 87.6 cm³/mol. The molecule has 23 heavy (non-hydrogen) atoms. The lowest BCUT2D eigenvalue weighted by Crippen LogP contribution is -2.34. The molecule has 2 amide bonds. The summed E-state index contributed by atoms with van der Waals surface area (Å²) in [6.45, 7) is 2.49. The third kappa shape index (κ3) is 5.03. The summed E-state index contributed by atoms with van der Waals surface area (Å²) in [6.07, 6.45) is 6.35. The van der Waals surface area contributed by atoms with Crippen LogP contribution in [-0.2, 0) is 4.79 Å². The molecule has 2 aromatic rings. The van der Waals surface area contributed by atoms with Gasteiger partial charge in [0.05, 0.1) is 11.4 Å². The number of hydrogen-bond acceptors (Lipinski definition) is 4. The molecule has 2 N–H and O–H groups in total. The second-order valence-electron chi connectivity index (χ2n) is 4.69. The molecule has 2 rings (SSSR count). The van der Waals surface area contributed by atoms with Gasteiger partial charge in [-0.15, -0.1) is 0 Å². The lowest BCUT2D eigenvalue weighted by atomic mass is 10.1. The van der Waals surface area contributed by atoms with Crippen molar-refractivity contribution in [2.24, 2.45) is 0 Å². The average molecular weight is 310 g/mol. The van der Waals surface area contributed by atoms with Crippen molar-refractivity contribution in [2.75, 3.05) is 13.1 Å². The van der Waals surface area contributed by atoms with Gasteiger partial charge in [0.15, 0.2) is 0 Å². The summed E-state index contributed by atoms with van der Waals surface area (Å²) in [5, 5.41) is 5.41. The maximum Gasteiger partial charge on any atom is 0.251 e. The van der Waals surface area contributed by atoms with Crippen molar-refractivity contribution in [1.29, 1.82) is 0 Å². The molecule has 0 spiro atoms. The molecule has 2 heterocycles. The van der Waals surface area contributed by atoms with E-state index >= 15 is 0 Å². The number of carbonyl (C=O) groups excluding carboxylic acids is 2. The van der Waals surface area contributed by atoms with Crippen molar-refractivity contribution in [3.05, 3.63) is 60.4 Å². The Labute approximate surface area is 134 Å². The summed E-state index contributed by atoms with van der Waals surface area (Å²) >= 11 is 0. The summed E-state index contributed by atoms with van der Waals surface area (Å²) in [7, 11) is 0. The fraction of sp³-hybridized carbons (Fsp3) is 0.176. The third-order valence-electron chi connectivity index (χ3n) is 2.98. The number of nitrogens with zero attached hydrogens (tertiary/aromatic N) is 2. The molecule has 0 atom stereocenters. The molecule has 0 unspecified atom stereocenters. The van der Waals surface area contributed by atoms with Crippen LogP contribution in [0.2, 0.25) is 0 Å². The van der Waals surface area contributed by atoms with Crippen LogP contribution in [0.15, 0.2) is 54.9 Å². The highest BCUT2D eigenvalue weighted by atomic mass is 16.2. The molecule has 0 aliphatic carbocycles. The van der Waals surface area contributed by atoms with Crippen molar-refractivity contribution >= 4 is 11.8 Å². The molecular formula is C17H18N4O2. The zero-order valence-electron chi connectivity index (χ0n) is 12.8. The van der Waals surface area contributed by atoms with Crippen molar-refractivity contribution in [3.8, 4) is 11.4 Å². The minimum absolute atomic E-state index is 0.178. The van der Waals surface area contributed by atoms with Gasteiger partial charge >= 0.3 is 0 Å². The number of rotatable bonds is 6. The zero-order valence-corrected chi connectivity index (χ0v) is 12.8. The van der Waals surface area contributed by atoms with Gasteiger partial charge in [0.2, 0.25) is 5.91 Å². The summed E-state index contributed by atoms with van der Waals surface area (Å²) < 4.78 is 0. The molecule has 0 fully saturated rings. The first-order valence-electron chi connectivity index (χ1n) is 7.27. The molecule has 6 nitrogen and oxygen atoms in total. The van der Waals surface area contributed by atoms with Crippen LogP contribution in [0.5, 0.6) is 0 Å². The smallest absolute Gasteiger partial charge is 0.251 e. The van der Waals surface area contributed by atoms with Gasteiger partial charge in [-0.05, 0) is 37.3 Å². The summed E-state index contributed by atoms with van der Waals surface area (Å²) in [5.41, 5.74) is 1.85. The van der Waals surface area contributed by atoms with Crippen LogP contribution in [0, 0.1) is 0 Å². The van der Waals surface area contributed by atoms with E-state index in [2.05, 4.69) is 20.6 Å². The highest BCUT2D eigenvalue weighted by molar-refractivity contribution is 5.95. The summed E-state index contributed by atoms with van der Waals surface area (Å²) in [6, 6.07) is 8.85. The van der Waals surface area contributed by atoms with Gasteiger partial charge in [-0.2, -0.15) is 0 Å². The van der Waals surface area contributed by atoms with E-state index in [4.69, 9.17) is 0 Å². The maximum atomic E-state index is 12.1. The number of allylic oxidation sites excluding steroid dienone is 1. The van der Waals surface area contributed by atoms with Crippen LogP contribution in [0.1, 0.15) is 17.3 Å². The molecular weight excluding hydrogens is 292 g/mol. The number of aromatic nitrogens is 2. The van der Waals surface area contributed by atoms with Crippen LogP contribution in [0.4, 0.5) is 0 Å².